The third-order valence-electron chi connectivity index (χ3n) is 3.29. The van der Waals surface area contributed by atoms with E-state index in [-0.39, 0.29) is 5.38 Å². The van der Waals surface area contributed by atoms with Gasteiger partial charge in [0.1, 0.15) is 0 Å². The van der Waals surface area contributed by atoms with E-state index in [0.717, 1.165) is 22.3 Å². The summed E-state index contributed by atoms with van der Waals surface area (Å²) in [5, 5.41) is -0.191. The molecular weight excluding hydrogens is 252 g/mol. The lowest BCUT2D eigenvalue weighted by molar-refractivity contribution is 1.07. The predicted molar refractivity (Wildman–Crippen MR) is 86.6 cm³/mol. The van der Waals surface area contributed by atoms with E-state index >= 15 is 0 Å². The average molecular weight is 273 g/mol. The van der Waals surface area contributed by atoms with Gasteiger partial charge < -0.3 is 0 Å². The van der Waals surface area contributed by atoms with Gasteiger partial charge in [0.05, 0.1) is 5.38 Å². The van der Waals surface area contributed by atoms with Gasteiger partial charge in [-0.15, -0.1) is 11.6 Å². The van der Waals surface area contributed by atoms with Crippen molar-refractivity contribution < 1.29 is 0 Å². The Labute approximate surface area is 121 Å². The second-order valence-corrected chi connectivity index (χ2v) is 4.90. The lowest BCUT2D eigenvalue weighted by Crippen LogP contribution is -2.02. The number of halogens is 1. The average Bonchev–Trinajstić information content (AvgIpc) is 2.43. The second-order valence-electron chi connectivity index (χ2n) is 4.47. The van der Waals surface area contributed by atoms with E-state index < -0.39 is 0 Å². The third kappa shape index (κ3) is 3.48. The lowest BCUT2D eigenvalue weighted by Gasteiger charge is -2.19. The van der Waals surface area contributed by atoms with E-state index in [1.165, 1.54) is 5.56 Å². The van der Waals surface area contributed by atoms with Gasteiger partial charge in [-0.2, -0.15) is 0 Å². The molecule has 0 aliphatic heterocycles. The minimum atomic E-state index is -0.191. The first-order valence-corrected chi connectivity index (χ1v) is 6.82. The van der Waals surface area contributed by atoms with Crippen LogP contribution in [-0.4, -0.2) is 0 Å². The fraction of sp³-hybridized carbons (Fsp3) is 0.222. The van der Waals surface area contributed by atoms with Crippen LogP contribution >= 0.6 is 11.6 Å². The number of alkyl halides is 1. The molecule has 0 nitrogen and oxygen atoms in total. The summed E-state index contributed by atoms with van der Waals surface area (Å²) < 4.78 is 0. The molecule has 1 unspecified atom stereocenters. The normalized spacial score (nSPS) is 14.6. The van der Waals surface area contributed by atoms with Crippen molar-refractivity contribution in [3.05, 3.63) is 83.5 Å². The molecule has 19 heavy (non-hydrogen) atoms. The second kappa shape index (κ2) is 7.16. The van der Waals surface area contributed by atoms with Crippen molar-refractivity contribution in [1.82, 2.24) is 0 Å². The first kappa shape index (κ1) is 15.5. The van der Waals surface area contributed by atoms with Crippen molar-refractivity contribution in [2.24, 2.45) is 0 Å². The molecular formula is C18H21Cl. The van der Waals surface area contributed by atoms with Gasteiger partial charge in [0.2, 0.25) is 0 Å². The quantitative estimate of drug-likeness (QED) is 0.462. The molecule has 1 aromatic carbocycles. The van der Waals surface area contributed by atoms with E-state index in [4.69, 9.17) is 11.6 Å². The molecule has 0 aliphatic rings. The zero-order valence-corrected chi connectivity index (χ0v) is 12.7. The van der Waals surface area contributed by atoms with E-state index in [1.807, 2.05) is 44.2 Å². The van der Waals surface area contributed by atoms with Gasteiger partial charge in [-0.3, -0.25) is 0 Å². The summed E-state index contributed by atoms with van der Waals surface area (Å²) in [6.07, 6.45) is 5.72. The Morgan fingerprint density at radius 2 is 1.84 bits per heavy atom. The van der Waals surface area contributed by atoms with Crippen LogP contribution in [0.4, 0.5) is 0 Å². The Hall–Kier alpha value is -1.53. The summed E-state index contributed by atoms with van der Waals surface area (Å²) in [6.45, 7) is 13.8. The third-order valence-corrected chi connectivity index (χ3v) is 3.74. The van der Waals surface area contributed by atoms with Crippen molar-refractivity contribution in [1.29, 1.82) is 0 Å². The van der Waals surface area contributed by atoms with Crippen LogP contribution in [0.15, 0.2) is 72.4 Å². The minimum absolute atomic E-state index is 0.191. The molecule has 0 amide bonds. The van der Waals surface area contributed by atoms with E-state index in [2.05, 4.69) is 32.2 Å². The number of rotatable bonds is 5. The monoisotopic (exact) mass is 272 g/mol. The Balaban J connectivity index is 3.40. The van der Waals surface area contributed by atoms with Crippen LogP contribution in [0.25, 0.3) is 0 Å². The predicted octanol–water partition coefficient (Wildman–Crippen LogP) is 5.91. The highest BCUT2D eigenvalue weighted by Crippen LogP contribution is 2.37. The Morgan fingerprint density at radius 3 is 2.32 bits per heavy atom. The number of hydrogen-bond donors (Lipinski definition) is 0. The van der Waals surface area contributed by atoms with Crippen LogP contribution in [0.2, 0.25) is 0 Å². The van der Waals surface area contributed by atoms with Crippen molar-refractivity contribution in [3.63, 3.8) is 0 Å². The summed E-state index contributed by atoms with van der Waals surface area (Å²) in [4.78, 5) is 0. The maximum absolute atomic E-state index is 6.71. The summed E-state index contributed by atoms with van der Waals surface area (Å²) in [5.41, 5.74) is 5.53. The first-order chi connectivity index (χ1) is 9.06. The number of allylic oxidation sites excluding steroid dienone is 6. The Kier molecular flexibility index (Phi) is 5.85. The number of benzene rings is 1. The van der Waals surface area contributed by atoms with Crippen molar-refractivity contribution >= 4 is 11.6 Å². The van der Waals surface area contributed by atoms with Gasteiger partial charge in [0.25, 0.3) is 0 Å². The van der Waals surface area contributed by atoms with E-state index in [9.17, 15) is 0 Å². The maximum atomic E-state index is 6.71. The summed E-state index contributed by atoms with van der Waals surface area (Å²) >= 11 is 6.71. The smallest absolute Gasteiger partial charge is 0.0846 e. The molecule has 0 fully saturated rings. The Bertz CT molecular complexity index is 532. The lowest BCUT2D eigenvalue weighted by atomic mass is 9.91. The molecule has 1 heteroatoms. The molecule has 0 N–H and O–H groups in total. The van der Waals surface area contributed by atoms with Crippen molar-refractivity contribution in [2.75, 3.05) is 0 Å². The molecule has 1 atom stereocenters. The fourth-order valence-corrected chi connectivity index (χ4v) is 2.64. The van der Waals surface area contributed by atoms with Crippen LogP contribution in [0, 0.1) is 6.92 Å². The van der Waals surface area contributed by atoms with Gasteiger partial charge in [-0.1, -0.05) is 55.7 Å². The van der Waals surface area contributed by atoms with Crippen molar-refractivity contribution in [3.8, 4) is 0 Å². The number of aryl methyl sites for hydroxylation is 1. The fourth-order valence-electron chi connectivity index (χ4n) is 2.09. The summed E-state index contributed by atoms with van der Waals surface area (Å²) in [7, 11) is 0. The minimum Gasteiger partial charge on any atom is -0.113 e. The molecule has 100 valence electrons. The highest BCUT2D eigenvalue weighted by atomic mass is 35.5. The molecule has 1 rings (SSSR count). The van der Waals surface area contributed by atoms with Gasteiger partial charge in [0, 0.05) is 0 Å². The Morgan fingerprint density at radius 1 is 1.21 bits per heavy atom. The van der Waals surface area contributed by atoms with E-state index in [0.29, 0.717) is 0 Å². The van der Waals surface area contributed by atoms with Crippen LogP contribution in [0.3, 0.4) is 0 Å². The molecule has 0 bridgehead atoms. The molecule has 0 radical (unpaired) electrons. The molecule has 1 aromatic rings. The van der Waals surface area contributed by atoms with Crippen LogP contribution < -0.4 is 0 Å². The van der Waals surface area contributed by atoms with Gasteiger partial charge in [-0.05, 0) is 48.6 Å². The van der Waals surface area contributed by atoms with Crippen molar-refractivity contribution in [2.45, 2.75) is 26.1 Å². The zero-order valence-electron chi connectivity index (χ0n) is 11.9. The number of hydrogen-bond acceptors (Lipinski definition) is 0. The summed E-state index contributed by atoms with van der Waals surface area (Å²) in [5.74, 6) is 0. The largest absolute Gasteiger partial charge is 0.113 e. The molecule has 0 saturated carbocycles. The topological polar surface area (TPSA) is 0 Å². The van der Waals surface area contributed by atoms with Crippen LogP contribution in [0.1, 0.15) is 30.4 Å². The molecule has 0 spiro atoms. The van der Waals surface area contributed by atoms with Gasteiger partial charge in [-0.25, -0.2) is 0 Å². The molecule has 0 saturated heterocycles. The molecule has 0 aliphatic carbocycles. The highest BCUT2D eigenvalue weighted by molar-refractivity contribution is 6.23. The standard InChI is InChI=1S/C18H21Cl/c1-6-13(4)17(15(7-2)8-3)18(19)16-12-10-9-11-14(16)5/h6-12,18H,1-2H2,3-5H3/b15-8-,17-13+. The maximum Gasteiger partial charge on any atom is 0.0846 e. The van der Waals surface area contributed by atoms with Gasteiger partial charge in [0.15, 0.2) is 0 Å². The van der Waals surface area contributed by atoms with Crippen LogP contribution in [0.5, 0.6) is 0 Å². The first-order valence-electron chi connectivity index (χ1n) is 6.38. The van der Waals surface area contributed by atoms with E-state index in [1.54, 1.807) is 0 Å². The highest BCUT2D eigenvalue weighted by Gasteiger charge is 2.18. The van der Waals surface area contributed by atoms with Crippen LogP contribution in [-0.2, 0) is 0 Å². The summed E-state index contributed by atoms with van der Waals surface area (Å²) in [6, 6.07) is 8.19. The SMILES string of the molecule is C=CC(=C/C)/C(=C(/C)C=C)C(Cl)c1ccccc1C. The van der Waals surface area contributed by atoms with Gasteiger partial charge >= 0.3 is 0 Å². The zero-order chi connectivity index (χ0) is 14.4. The molecule has 0 heterocycles. The molecule has 0 aromatic heterocycles.